The maximum atomic E-state index is 13.4. The number of nitrogens with zero attached hydrogens (tertiary/aromatic N) is 1. The lowest BCUT2D eigenvalue weighted by atomic mass is 10.2. The molecule has 0 aliphatic rings. The molecular formula is C22H31NO6S2Si. The molecule has 2 rings (SSSR count). The van der Waals surface area contributed by atoms with Crippen LogP contribution < -0.4 is 4.74 Å². The van der Waals surface area contributed by atoms with Crippen LogP contribution in [0.2, 0.25) is 18.1 Å². The van der Waals surface area contributed by atoms with Gasteiger partial charge in [0.05, 0.1) is 12.0 Å². The molecule has 0 N–H and O–H groups in total. The lowest BCUT2D eigenvalue weighted by Crippen LogP contribution is -2.46. The van der Waals surface area contributed by atoms with E-state index in [1.807, 2.05) is 33.9 Å². The molecule has 1 heterocycles. The number of rotatable bonds is 10. The number of hydrogen-bond acceptors (Lipinski definition) is 7. The zero-order valence-electron chi connectivity index (χ0n) is 19.4. The topological polar surface area (TPSA) is 90.0 Å². The highest BCUT2D eigenvalue weighted by atomic mass is 32.2. The van der Waals surface area contributed by atoms with Crippen LogP contribution in [0.5, 0.6) is 5.75 Å². The lowest BCUT2D eigenvalue weighted by molar-refractivity contribution is -0.135. The Hall–Kier alpha value is -2.01. The van der Waals surface area contributed by atoms with Crippen molar-refractivity contribution in [2.45, 2.75) is 50.2 Å². The summed E-state index contributed by atoms with van der Waals surface area (Å²) in [5, 5.41) is 1.59. The van der Waals surface area contributed by atoms with Crippen LogP contribution in [0.15, 0.2) is 40.6 Å². The summed E-state index contributed by atoms with van der Waals surface area (Å²) in [5.41, 5.74) is 0.528. The van der Waals surface area contributed by atoms with E-state index in [1.54, 1.807) is 23.6 Å². The second-order valence-electron chi connectivity index (χ2n) is 8.92. The third-order valence-electron chi connectivity index (χ3n) is 5.67. The summed E-state index contributed by atoms with van der Waals surface area (Å²) in [6, 6.07) is 7.71. The fourth-order valence-corrected chi connectivity index (χ4v) is 5.85. The lowest BCUT2D eigenvalue weighted by Gasteiger charge is -2.36. The average Bonchev–Trinajstić information content (AvgIpc) is 3.17. The van der Waals surface area contributed by atoms with Gasteiger partial charge in [0.25, 0.3) is 8.32 Å². The molecule has 32 heavy (non-hydrogen) atoms. The molecule has 10 heteroatoms. The van der Waals surface area contributed by atoms with Gasteiger partial charge in [-0.1, -0.05) is 20.8 Å². The Morgan fingerprint density at radius 1 is 1.16 bits per heavy atom. The molecule has 0 bridgehead atoms. The molecule has 0 saturated heterocycles. The fourth-order valence-electron chi connectivity index (χ4n) is 2.68. The highest BCUT2D eigenvalue weighted by Crippen LogP contribution is 2.36. The van der Waals surface area contributed by atoms with Crippen molar-refractivity contribution in [1.29, 1.82) is 0 Å². The highest BCUT2D eigenvalue weighted by molar-refractivity contribution is 7.89. The van der Waals surface area contributed by atoms with Crippen molar-refractivity contribution in [2.24, 2.45) is 0 Å². The van der Waals surface area contributed by atoms with Gasteiger partial charge in [0.2, 0.25) is 10.0 Å². The third-order valence-corrected chi connectivity index (χ3v) is 12.9. The monoisotopic (exact) mass is 497 g/mol. The molecule has 0 radical (unpaired) electrons. The second-order valence-corrected chi connectivity index (χ2v) is 16.6. The number of thiophene rings is 1. The van der Waals surface area contributed by atoms with Gasteiger partial charge in [-0.25, -0.2) is 8.42 Å². The van der Waals surface area contributed by atoms with Crippen molar-refractivity contribution in [3.8, 4) is 5.75 Å². The number of benzene rings is 1. The Morgan fingerprint density at radius 3 is 2.31 bits per heavy atom. The number of carbonyl (C=O) groups is 2. The van der Waals surface area contributed by atoms with Gasteiger partial charge in [0.15, 0.2) is 6.29 Å². The van der Waals surface area contributed by atoms with E-state index in [0.717, 1.165) is 15.5 Å². The third kappa shape index (κ3) is 6.28. The molecule has 7 nitrogen and oxygen atoms in total. The quantitative estimate of drug-likeness (QED) is 0.358. The Kier molecular flexibility index (Phi) is 8.43. The van der Waals surface area contributed by atoms with E-state index in [-0.39, 0.29) is 16.5 Å². The normalized spacial score (nSPS) is 12.6. The SMILES string of the molecule is COc1ccc(S(=O)(=O)N(CCc2sccc2C=O)CC(=O)O[Si](C)(C)C(C)(C)C)cc1. The molecule has 1 aromatic carbocycles. The van der Waals surface area contributed by atoms with Gasteiger partial charge in [-0.2, -0.15) is 4.31 Å². The van der Waals surface area contributed by atoms with Crippen LogP contribution in [-0.2, 0) is 25.7 Å². The fraction of sp³-hybridized carbons (Fsp3) is 0.455. The van der Waals surface area contributed by atoms with Crippen molar-refractivity contribution >= 4 is 41.9 Å². The number of carbonyl (C=O) groups excluding carboxylic acids is 2. The van der Waals surface area contributed by atoms with E-state index in [4.69, 9.17) is 9.16 Å². The molecule has 0 spiro atoms. The summed E-state index contributed by atoms with van der Waals surface area (Å²) in [4.78, 5) is 24.9. The zero-order valence-corrected chi connectivity index (χ0v) is 22.0. The summed E-state index contributed by atoms with van der Waals surface area (Å²) in [7, 11) is -4.89. The van der Waals surface area contributed by atoms with Crippen LogP contribution in [0, 0.1) is 0 Å². The largest absolute Gasteiger partial charge is 0.518 e. The van der Waals surface area contributed by atoms with Gasteiger partial charge in [-0.05, 0) is 60.3 Å². The molecule has 0 amide bonds. The molecule has 0 aliphatic carbocycles. The van der Waals surface area contributed by atoms with Gasteiger partial charge in [0, 0.05) is 17.0 Å². The molecule has 2 aromatic rings. The van der Waals surface area contributed by atoms with E-state index < -0.39 is 30.9 Å². The van der Waals surface area contributed by atoms with Crippen LogP contribution in [0.1, 0.15) is 36.0 Å². The van der Waals surface area contributed by atoms with Crippen molar-refractivity contribution in [3.63, 3.8) is 0 Å². The maximum absolute atomic E-state index is 13.4. The Balaban J connectivity index is 2.31. The van der Waals surface area contributed by atoms with Crippen molar-refractivity contribution < 1.29 is 27.2 Å². The van der Waals surface area contributed by atoms with Gasteiger partial charge >= 0.3 is 5.97 Å². The smallest absolute Gasteiger partial charge is 0.308 e. The van der Waals surface area contributed by atoms with Crippen molar-refractivity contribution in [2.75, 3.05) is 20.2 Å². The molecular weight excluding hydrogens is 466 g/mol. The van der Waals surface area contributed by atoms with Gasteiger partial charge < -0.3 is 9.16 Å². The highest BCUT2D eigenvalue weighted by Gasteiger charge is 2.41. The van der Waals surface area contributed by atoms with Gasteiger partial charge in [-0.3, -0.25) is 9.59 Å². The van der Waals surface area contributed by atoms with E-state index >= 15 is 0 Å². The van der Waals surface area contributed by atoms with Crippen LogP contribution in [0.25, 0.3) is 0 Å². The molecule has 0 unspecified atom stereocenters. The number of ether oxygens (including phenoxy) is 1. The van der Waals surface area contributed by atoms with Crippen LogP contribution >= 0.6 is 11.3 Å². The first kappa shape index (κ1) is 26.2. The maximum Gasteiger partial charge on any atom is 0.308 e. The van der Waals surface area contributed by atoms with Crippen LogP contribution in [-0.4, -0.2) is 53.5 Å². The first-order valence-corrected chi connectivity index (χ1v) is 15.4. The summed E-state index contributed by atoms with van der Waals surface area (Å²) >= 11 is 1.38. The molecule has 176 valence electrons. The van der Waals surface area contributed by atoms with E-state index in [1.165, 1.54) is 30.6 Å². The predicted octanol–water partition coefficient (Wildman–Crippen LogP) is 4.35. The average molecular weight is 498 g/mol. The van der Waals surface area contributed by atoms with Crippen molar-refractivity contribution in [3.05, 3.63) is 46.2 Å². The van der Waals surface area contributed by atoms with E-state index in [9.17, 15) is 18.0 Å². The Labute approximate surface area is 195 Å². The Bertz CT molecular complexity index is 1040. The zero-order chi connectivity index (χ0) is 24.2. The van der Waals surface area contributed by atoms with Crippen LogP contribution in [0.3, 0.4) is 0 Å². The molecule has 0 fully saturated rings. The molecule has 0 saturated carbocycles. The van der Waals surface area contributed by atoms with Gasteiger partial charge in [-0.15, -0.1) is 11.3 Å². The van der Waals surface area contributed by atoms with E-state index in [0.29, 0.717) is 17.7 Å². The minimum absolute atomic E-state index is 0.0440. The minimum atomic E-state index is -3.98. The number of hydrogen-bond donors (Lipinski definition) is 0. The van der Waals surface area contributed by atoms with Crippen molar-refractivity contribution in [1.82, 2.24) is 4.31 Å². The minimum Gasteiger partial charge on any atom is -0.518 e. The predicted molar refractivity (Wildman–Crippen MR) is 128 cm³/mol. The number of aldehydes is 1. The molecule has 1 aromatic heterocycles. The molecule has 0 aliphatic heterocycles. The number of sulfonamides is 1. The second kappa shape index (κ2) is 10.3. The first-order valence-electron chi connectivity index (χ1n) is 10.2. The van der Waals surface area contributed by atoms with Gasteiger partial charge in [0.1, 0.15) is 12.3 Å². The summed E-state index contributed by atoms with van der Waals surface area (Å²) in [6.07, 6.45) is 1.06. The summed E-state index contributed by atoms with van der Waals surface area (Å²) in [5.74, 6) is -0.0440. The molecule has 0 atom stereocenters. The van der Waals surface area contributed by atoms with Crippen LogP contribution in [0.4, 0.5) is 0 Å². The first-order chi connectivity index (χ1) is 14.8. The summed E-state index contributed by atoms with van der Waals surface area (Å²) in [6.45, 7) is 9.55. The Morgan fingerprint density at radius 2 is 1.78 bits per heavy atom. The summed E-state index contributed by atoms with van der Waals surface area (Å²) < 4.78 is 38.8. The number of methoxy groups -OCH3 is 1. The van der Waals surface area contributed by atoms with E-state index in [2.05, 4.69) is 0 Å². The standard InChI is InChI=1S/C22H31NO6S2Si/c1-22(2,3)32(5,6)29-21(25)15-23(13-11-20-17(16-24)12-14-30-20)31(26,27)19-9-7-18(28-4)8-10-19/h7-10,12,14,16H,11,13,15H2,1-6H3.